The minimum absolute atomic E-state index is 0. The predicted octanol–water partition coefficient (Wildman–Crippen LogP) is 9.68. The number of carboxylic acid groups (broad SMARTS) is 1. The van der Waals surface area contributed by atoms with Crippen LogP contribution in [0.1, 0.15) is 137 Å². The normalized spacial score (nSPS) is 24.3. The molecule has 2 saturated carbocycles. The Kier molecular flexibility index (Phi) is 20.5. The summed E-state index contributed by atoms with van der Waals surface area (Å²) in [6.07, 6.45) is 31.8. The average molecular weight is 872 g/mol. The molecule has 340 valence electrons. The number of piperidine rings is 2. The molecular weight excluding hydrogens is 796 g/mol. The zero-order valence-corrected chi connectivity index (χ0v) is 38.4. The Hall–Kier alpha value is -4.03. The number of aromatic carboxylic acids is 1. The summed E-state index contributed by atoms with van der Waals surface area (Å²) in [5, 5.41) is 12.1. The third-order valence-corrected chi connectivity index (χ3v) is 13.6. The van der Waals surface area contributed by atoms with E-state index in [0.29, 0.717) is 18.0 Å². The molecule has 0 spiro atoms. The van der Waals surface area contributed by atoms with Crippen molar-refractivity contribution in [1.82, 2.24) is 34.2 Å². The molecule has 1 amide bonds. The monoisotopic (exact) mass is 871 g/mol. The fourth-order valence-electron chi connectivity index (χ4n) is 10.3. The van der Waals surface area contributed by atoms with E-state index in [4.69, 9.17) is 10.8 Å². The molecule has 4 N–H and O–H groups in total. The quantitative estimate of drug-likeness (QED) is 0.121. The molecule has 2 aliphatic heterocycles. The molecule has 6 atom stereocenters. The lowest BCUT2D eigenvalue weighted by Gasteiger charge is -2.39. The van der Waals surface area contributed by atoms with Gasteiger partial charge in [-0.2, -0.15) is 0 Å². The number of carbonyl (C=O) groups excluding carboxylic acids is 1. The van der Waals surface area contributed by atoms with Crippen LogP contribution in [0.2, 0.25) is 0 Å². The molecule has 0 bridgehead atoms. The van der Waals surface area contributed by atoms with Gasteiger partial charge in [0, 0.05) is 80.0 Å². The fourth-order valence-corrected chi connectivity index (χ4v) is 10.3. The van der Waals surface area contributed by atoms with Crippen LogP contribution in [0.15, 0.2) is 86.0 Å². The molecule has 2 saturated heterocycles. The zero-order chi connectivity index (χ0) is 42.8. The third kappa shape index (κ3) is 15.1. The van der Waals surface area contributed by atoms with Crippen molar-refractivity contribution in [2.24, 2.45) is 29.4 Å². The van der Waals surface area contributed by atoms with Crippen molar-refractivity contribution in [2.75, 3.05) is 39.3 Å². The van der Waals surface area contributed by atoms with Crippen molar-refractivity contribution in [2.45, 2.75) is 129 Å². The van der Waals surface area contributed by atoms with Crippen molar-refractivity contribution in [3.8, 4) is 11.4 Å². The number of benzene rings is 2. The van der Waals surface area contributed by atoms with E-state index in [0.717, 1.165) is 47.7 Å². The van der Waals surface area contributed by atoms with Gasteiger partial charge in [0.1, 0.15) is 0 Å². The summed E-state index contributed by atoms with van der Waals surface area (Å²) in [6, 6.07) is 15.2. The van der Waals surface area contributed by atoms with Crippen molar-refractivity contribution in [1.29, 1.82) is 0 Å². The molecule has 2 aromatic heterocycles. The molecule has 4 fully saturated rings. The number of hydrogen-bond acceptors (Lipinski definition) is 7. The summed E-state index contributed by atoms with van der Waals surface area (Å²) in [6.45, 7) is 12.2. The van der Waals surface area contributed by atoms with Crippen LogP contribution in [0.3, 0.4) is 0 Å². The second-order valence-electron chi connectivity index (χ2n) is 18.3. The summed E-state index contributed by atoms with van der Waals surface area (Å²) in [7, 11) is 0. The molecule has 0 radical (unpaired) electrons. The SMILES string of the molecule is CCCC1CCCN(C[C@@H]2CCCC[C@H]2N)C1.CCCC1CCCN(C[C@@H]2CCCC[C@H]2NC(=O)c2ccc(-n3ccnc3)cc2)C1.Cl.O=C(O)c1ccc(-n2ccnc2)cc1. The Morgan fingerprint density at radius 3 is 1.63 bits per heavy atom. The van der Waals surface area contributed by atoms with Crippen LogP contribution in [0, 0.1) is 23.7 Å². The lowest BCUT2D eigenvalue weighted by molar-refractivity contribution is 0.0696. The number of hydrogen-bond donors (Lipinski definition) is 3. The highest BCUT2D eigenvalue weighted by Crippen LogP contribution is 2.30. The first-order chi connectivity index (χ1) is 29.8. The van der Waals surface area contributed by atoms with Crippen LogP contribution in [0.4, 0.5) is 0 Å². The van der Waals surface area contributed by atoms with Gasteiger partial charge in [0.2, 0.25) is 0 Å². The van der Waals surface area contributed by atoms with Gasteiger partial charge in [-0.05, 0) is 150 Å². The Balaban J connectivity index is 0.000000192. The Morgan fingerprint density at radius 1 is 0.661 bits per heavy atom. The molecule has 8 rings (SSSR count). The molecule has 62 heavy (non-hydrogen) atoms. The van der Waals surface area contributed by atoms with Crippen molar-refractivity contribution < 1.29 is 14.7 Å². The van der Waals surface area contributed by atoms with Gasteiger partial charge in [0.15, 0.2) is 0 Å². The highest BCUT2D eigenvalue weighted by molar-refractivity contribution is 5.94. The summed E-state index contributed by atoms with van der Waals surface area (Å²) in [4.78, 5) is 36.9. The minimum atomic E-state index is -0.915. The van der Waals surface area contributed by atoms with E-state index in [2.05, 4.69) is 38.9 Å². The maximum atomic E-state index is 12.9. The van der Waals surface area contributed by atoms with Crippen LogP contribution in [-0.4, -0.2) is 97.2 Å². The molecule has 2 aliphatic carbocycles. The van der Waals surface area contributed by atoms with Crippen LogP contribution in [0.25, 0.3) is 11.4 Å². The first-order valence-corrected chi connectivity index (χ1v) is 23.7. The van der Waals surface area contributed by atoms with Gasteiger partial charge < -0.3 is 35.1 Å². The highest BCUT2D eigenvalue weighted by Gasteiger charge is 2.30. The molecule has 2 unspecified atom stereocenters. The van der Waals surface area contributed by atoms with Crippen LogP contribution < -0.4 is 11.1 Å². The molecular formula is C50H75ClN8O3. The first kappa shape index (κ1) is 49.0. The van der Waals surface area contributed by atoms with Crippen molar-refractivity contribution in [3.05, 3.63) is 97.1 Å². The fraction of sp³-hybridized carbons (Fsp3) is 0.600. The summed E-state index contributed by atoms with van der Waals surface area (Å²) in [5.74, 6) is 2.34. The molecule has 12 heteroatoms. The number of carbonyl (C=O) groups is 2. The van der Waals surface area contributed by atoms with Gasteiger partial charge in [-0.25, -0.2) is 14.8 Å². The van der Waals surface area contributed by atoms with Gasteiger partial charge >= 0.3 is 5.97 Å². The number of nitrogens with two attached hydrogens (primary N) is 1. The van der Waals surface area contributed by atoms with Crippen molar-refractivity contribution >= 4 is 24.3 Å². The number of aromatic nitrogens is 4. The Labute approximate surface area is 377 Å². The molecule has 4 aromatic rings. The Bertz CT molecular complexity index is 1830. The summed E-state index contributed by atoms with van der Waals surface area (Å²) in [5.41, 5.74) is 9.20. The molecule has 11 nitrogen and oxygen atoms in total. The van der Waals surface area contributed by atoms with E-state index in [1.54, 1.807) is 55.5 Å². The topological polar surface area (TPSA) is 135 Å². The third-order valence-electron chi connectivity index (χ3n) is 13.6. The van der Waals surface area contributed by atoms with Crippen LogP contribution in [-0.2, 0) is 0 Å². The standard InChI is InChI=1S/C25H36N4O.C15H30N2.C10H8N2O2.ClH/c1-2-6-20-7-5-15-28(17-20)18-22-8-3-4-9-24(22)27-25(30)21-10-12-23(13-11-21)29-16-14-26-19-29;1-2-6-13-7-5-10-17(11-13)12-14-8-3-4-9-15(14)16;13-10(14)8-1-3-9(4-2-8)12-6-5-11-7-12;/h10-14,16,19-20,22,24H,2-9,15,17-18H2,1H3,(H,27,30);13-15H,2-12,16H2,1H3;1-7H,(H,13,14);1H/t20?,22-,24+;13?,14-,15+;;/m00../s1. The van der Waals surface area contributed by atoms with Crippen molar-refractivity contribution in [3.63, 3.8) is 0 Å². The summed E-state index contributed by atoms with van der Waals surface area (Å²) < 4.78 is 3.76. The second-order valence-corrected chi connectivity index (χ2v) is 18.3. The van der Waals surface area contributed by atoms with Gasteiger partial charge in [0.05, 0.1) is 18.2 Å². The number of carboxylic acids is 1. The average Bonchev–Trinajstić information content (AvgIpc) is 4.03. The number of halogens is 1. The van der Waals surface area contributed by atoms with Gasteiger partial charge in [0.25, 0.3) is 5.91 Å². The summed E-state index contributed by atoms with van der Waals surface area (Å²) >= 11 is 0. The molecule has 4 heterocycles. The highest BCUT2D eigenvalue weighted by atomic mass is 35.5. The number of likely N-dealkylation sites (tertiary alicyclic amines) is 2. The van der Waals surface area contributed by atoms with E-state index in [9.17, 15) is 9.59 Å². The number of imidazole rings is 2. The lowest BCUT2D eigenvalue weighted by atomic mass is 9.83. The van der Waals surface area contributed by atoms with Gasteiger partial charge in [-0.1, -0.05) is 52.4 Å². The lowest BCUT2D eigenvalue weighted by Crippen LogP contribution is -2.48. The van der Waals surface area contributed by atoms with Gasteiger partial charge in [-0.15, -0.1) is 12.4 Å². The van der Waals surface area contributed by atoms with Crippen LogP contribution >= 0.6 is 12.4 Å². The second kappa shape index (κ2) is 25.9. The Morgan fingerprint density at radius 2 is 1.15 bits per heavy atom. The number of rotatable bonds is 13. The number of nitrogens with one attached hydrogen (secondary N) is 1. The van der Waals surface area contributed by atoms with E-state index in [1.165, 1.54) is 129 Å². The molecule has 2 aromatic carbocycles. The number of amides is 1. The number of nitrogens with zero attached hydrogens (tertiary/aromatic N) is 6. The van der Waals surface area contributed by atoms with E-state index in [-0.39, 0.29) is 23.9 Å². The smallest absolute Gasteiger partial charge is 0.335 e. The zero-order valence-electron chi connectivity index (χ0n) is 37.5. The first-order valence-electron chi connectivity index (χ1n) is 23.7. The van der Waals surface area contributed by atoms with Gasteiger partial charge in [-0.3, -0.25) is 4.79 Å². The predicted molar refractivity (Wildman–Crippen MR) is 253 cm³/mol. The van der Waals surface area contributed by atoms with E-state index >= 15 is 0 Å². The van der Waals surface area contributed by atoms with E-state index < -0.39 is 5.97 Å². The van der Waals surface area contributed by atoms with Crippen LogP contribution in [0.5, 0.6) is 0 Å². The maximum Gasteiger partial charge on any atom is 0.335 e. The maximum absolute atomic E-state index is 12.9. The minimum Gasteiger partial charge on any atom is -0.478 e. The van der Waals surface area contributed by atoms with E-state index in [1.807, 2.05) is 39.6 Å². The largest absolute Gasteiger partial charge is 0.478 e. The molecule has 4 aliphatic rings.